The monoisotopic (exact) mass is 255 g/mol. The third-order valence-electron chi connectivity index (χ3n) is 2.90. The lowest BCUT2D eigenvalue weighted by Gasteiger charge is -2.08. The molecule has 0 fully saturated rings. The van der Waals surface area contributed by atoms with E-state index in [-0.39, 0.29) is 11.3 Å². The van der Waals surface area contributed by atoms with Gasteiger partial charge in [0.25, 0.3) is 0 Å². The van der Waals surface area contributed by atoms with Crippen LogP contribution < -0.4 is 0 Å². The van der Waals surface area contributed by atoms with Crippen LogP contribution in [0.4, 0.5) is 0 Å². The first kappa shape index (κ1) is 12.8. The van der Waals surface area contributed by atoms with Crippen molar-refractivity contribution in [1.29, 1.82) is 0 Å². The zero-order valence-electron chi connectivity index (χ0n) is 10.2. The molecule has 2 rings (SSSR count). The van der Waals surface area contributed by atoms with Gasteiger partial charge in [0.15, 0.2) is 0 Å². The first-order valence-electron chi connectivity index (χ1n) is 5.58. The number of carboxylic acid groups (broad SMARTS) is 1. The van der Waals surface area contributed by atoms with Gasteiger partial charge in [-0.2, -0.15) is 0 Å². The molecule has 2 N–H and O–H groups in total. The molecule has 0 saturated heterocycles. The van der Waals surface area contributed by atoms with Crippen molar-refractivity contribution in [3.05, 3.63) is 53.1 Å². The number of carboxylic acids is 1. The molecule has 0 aromatic heterocycles. The minimum absolute atomic E-state index is 0.0352. The number of rotatable bonds is 3. The third kappa shape index (κ3) is 2.47. The second-order valence-electron chi connectivity index (χ2n) is 4.17. The largest absolute Gasteiger partial charge is 0.507 e. The lowest BCUT2D eigenvalue weighted by molar-refractivity contribution is 0.0697. The molecule has 0 aliphatic heterocycles. The first-order chi connectivity index (χ1) is 9.02. The number of hydrogen-bond acceptors (Lipinski definition) is 3. The molecule has 2 aromatic rings. The number of aryl methyl sites for hydroxylation is 1. The molecule has 0 spiro atoms. The van der Waals surface area contributed by atoms with E-state index >= 15 is 0 Å². The van der Waals surface area contributed by atoms with Gasteiger partial charge in [0.2, 0.25) is 6.29 Å². The molecule has 0 aliphatic carbocycles. The number of phenolic OH excluding ortho intramolecular Hbond substituents is 1. The Balaban J connectivity index is 2.49. The van der Waals surface area contributed by atoms with E-state index in [1.54, 1.807) is 31.4 Å². The Hall–Kier alpha value is -2.62. The Labute approximate surface area is 109 Å². The molecule has 1 radical (unpaired) electrons. The summed E-state index contributed by atoms with van der Waals surface area (Å²) in [5, 5.41) is 18.7. The topological polar surface area (TPSA) is 74.6 Å². The van der Waals surface area contributed by atoms with E-state index in [0.29, 0.717) is 22.3 Å². The van der Waals surface area contributed by atoms with Gasteiger partial charge in [0.1, 0.15) is 5.75 Å². The highest BCUT2D eigenvalue weighted by Crippen LogP contribution is 2.31. The second-order valence-corrected chi connectivity index (χ2v) is 4.17. The van der Waals surface area contributed by atoms with Crippen LogP contribution in [-0.2, 0) is 4.79 Å². The highest BCUT2D eigenvalue weighted by Gasteiger charge is 2.10. The second kappa shape index (κ2) is 4.94. The molecule has 0 amide bonds. The van der Waals surface area contributed by atoms with Crippen LogP contribution in [-0.4, -0.2) is 22.5 Å². The predicted molar refractivity (Wildman–Crippen MR) is 70.0 cm³/mol. The van der Waals surface area contributed by atoms with Gasteiger partial charge in [-0.25, -0.2) is 4.79 Å². The number of carbonyl (C=O) groups excluding carboxylic acids is 1. The Morgan fingerprint density at radius 3 is 2.32 bits per heavy atom. The molecule has 95 valence electrons. The number of aromatic carboxylic acids is 1. The summed E-state index contributed by atoms with van der Waals surface area (Å²) in [6, 6.07) is 9.18. The maximum absolute atomic E-state index is 10.8. The van der Waals surface area contributed by atoms with Gasteiger partial charge in [-0.1, -0.05) is 12.1 Å². The van der Waals surface area contributed by atoms with E-state index in [1.165, 1.54) is 18.2 Å². The van der Waals surface area contributed by atoms with Crippen molar-refractivity contribution in [1.82, 2.24) is 0 Å². The fourth-order valence-corrected chi connectivity index (χ4v) is 1.83. The maximum atomic E-state index is 10.8. The fraction of sp³-hybridized carbons (Fsp3) is 0.0667. The van der Waals surface area contributed by atoms with Crippen molar-refractivity contribution in [3.63, 3.8) is 0 Å². The zero-order chi connectivity index (χ0) is 14.0. The van der Waals surface area contributed by atoms with Crippen LogP contribution in [0.5, 0.6) is 5.75 Å². The number of carbonyl (C=O) groups is 1. The Morgan fingerprint density at radius 1 is 1.16 bits per heavy atom. The number of aromatic hydroxyl groups is 1. The summed E-state index contributed by atoms with van der Waals surface area (Å²) in [5.74, 6) is -1.04. The van der Waals surface area contributed by atoms with Crippen LogP contribution >= 0.6 is 0 Å². The molecule has 4 nitrogen and oxygen atoms in total. The van der Waals surface area contributed by atoms with E-state index in [1.807, 2.05) is 0 Å². The lowest BCUT2D eigenvalue weighted by atomic mass is 9.98. The summed E-state index contributed by atoms with van der Waals surface area (Å²) < 4.78 is 0. The van der Waals surface area contributed by atoms with Crippen molar-refractivity contribution < 1.29 is 19.8 Å². The van der Waals surface area contributed by atoms with Crippen LogP contribution in [0, 0.1) is 6.92 Å². The van der Waals surface area contributed by atoms with Gasteiger partial charge in [-0.05, 0) is 42.3 Å². The van der Waals surface area contributed by atoms with Crippen molar-refractivity contribution in [2.24, 2.45) is 0 Å². The van der Waals surface area contributed by atoms with Crippen LogP contribution in [0.25, 0.3) is 11.1 Å². The average Bonchev–Trinajstić information content (AvgIpc) is 2.41. The van der Waals surface area contributed by atoms with Crippen LogP contribution in [0.3, 0.4) is 0 Å². The van der Waals surface area contributed by atoms with E-state index in [2.05, 4.69) is 0 Å². The first-order valence-corrected chi connectivity index (χ1v) is 5.58. The fourth-order valence-electron chi connectivity index (χ4n) is 1.83. The van der Waals surface area contributed by atoms with E-state index in [4.69, 9.17) is 5.11 Å². The third-order valence-corrected chi connectivity index (χ3v) is 2.90. The van der Waals surface area contributed by atoms with Crippen molar-refractivity contribution in [2.75, 3.05) is 0 Å². The summed E-state index contributed by atoms with van der Waals surface area (Å²) in [4.78, 5) is 21.4. The van der Waals surface area contributed by atoms with Crippen molar-refractivity contribution in [3.8, 4) is 16.9 Å². The molecule has 19 heavy (non-hydrogen) atoms. The van der Waals surface area contributed by atoms with Gasteiger partial charge >= 0.3 is 5.97 Å². The smallest absolute Gasteiger partial charge is 0.335 e. The van der Waals surface area contributed by atoms with E-state index in [0.717, 1.165) is 0 Å². The van der Waals surface area contributed by atoms with Gasteiger partial charge < -0.3 is 10.2 Å². The Bertz CT molecular complexity index is 642. The molecule has 0 saturated carbocycles. The molecule has 0 heterocycles. The molecule has 0 atom stereocenters. The van der Waals surface area contributed by atoms with Gasteiger partial charge in [-0.3, -0.25) is 4.79 Å². The normalized spacial score (nSPS) is 10.2. The maximum Gasteiger partial charge on any atom is 0.335 e. The highest BCUT2D eigenvalue weighted by molar-refractivity contribution is 5.89. The standard InChI is InChI=1S/C15H11O4/c1-9-6-13(14(17)7-12(9)8-16)10-2-4-11(5-3-10)15(18)19/h2-7,17H,1H3,(H,18,19). The van der Waals surface area contributed by atoms with Gasteiger partial charge in [-0.15, -0.1) is 0 Å². The Morgan fingerprint density at radius 2 is 1.79 bits per heavy atom. The molecule has 0 bridgehead atoms. The van der Waals surface area contributed by atoms with Crippen molar-refractivity contribution >= 4 is 12.3 Å². The summed E-state index contributed by atoms with van der Waals surface area (Å²) in [5.41, 5.74) is 2.42. The van der Waals surface area contributed by atoms with Gasteiger partial charge in [0.05, 0.1) is 5.56 Å². The highest BCUT2D eigenvalue weighted by atomic mass is 16.4. The molecular formula is C15H11O4. The van der Waals surface area contributed by atoms with Crippen molar-refractivity contribution in [2.45, 2.75) is 6.92 Å². The molecule has 0 aliphatic rings. The minimum atomic E-state index is -1.00. The lowest BCUT2D eigenvalue weighted by Crippen LogP contribution is -1.95. The predicted octanol–water partition coefficient (Wildman–Crippen LogP) is 2.52. The van der Waals surface area contributed by atoms with Crippen LogP contribution in [0.2, 0.25) is 0 Å². The number of hydrogen-bond donors (Lipinski definition) is 2. The summed E-state index contributed by atoms with van der Waals surface area (Å²) in [6.07, 6.45) is 1.75. The molecular weight excluding hydrogens is 244 g/mol. The molecule has 2 aromatic carbocycles. The summed E-state index contributed by atoms with van der Waals surface area (Å²) in [7, 11) is 0. The van der Waals surface area contributed by atoms with E-state index < -0.39 is 5.97 Å². The minimum Gasteiger partial charge on any atom is -0.507 e. The quantitative estimate of drug-likeness (QED) is 0.883. The summed E-state index contributed by atoms with van der Waals surface area (Å²) in [6.45, 7) is 1.74. The number of benzene rings is 2. The SMILES string of the molecule is Cc1cc(-c2ccc(C(=O)O)cc2)c(O)cc1[C]=O. The van der Waals surface area contributed by atoms with E-state index in [9.17, 15) is 14.7 Å². The number of phenols is 1. The summed E-state index contributed by atoms with van der Waals surface area (Å²) >= 11 is 0. The van der Waals surface area contributed by atoms with Crippen LogP contribution in [0.1, 0.15) is 21.5 Å². The molecule has 4 heteroatoms. The van der Waals surface area contributed by atoms with Gasteiger partial charge in [0, 0.05) is 11.1 Å². The average molecular weight is 255 g/mol. The zero-order valence-corrected chi connectivity index (χ0v) is 10.2. The Kier molecular flexibility index (Phi) is 3.33. The molecule has 0 unspecified atom stereocenters. The van der Waals surface area contributed by atoms with Crippen LogP contribution in [0.15, 0.2) is 36.4 Å².